The number of rotatable bonds is 9. The SMILES string of the molecule is CCOCCNc1nc(C)c(-c2nc3ccccc3s2)c(NC2(O)CCC(C(F)F)C2O)n1. The lowest BCUT2D eigenvalue weighted by molar-refractivity contribution is -0.0763. The first-order chi connectivity index (χ1) is 15.8. The minimum absolute atomic E-state index is 0.0116. The molecule has 3 unspecified atom stereocenters. The van der Waals surface area contributed by atoms with Crippen molar-refractivity contribution in [1.29, 1.82) is 0 Å². The van der Waals surface area contributed by atoms with E-state index in [-0.39, 0.29) is 18.7 Å². The lowest BCUT2D eigenvalue weighted by atomic mass is 10.0. The summed E-state index contributed by atoms with van der Waals surface area (Å²) in [6, 6.07) is 7.65. The predicted molar refractivity (Wildman–Crippen MR) is 124 cm³/mol. The third kappa shape index (κ3) is 4.91. The van der Waals surface area contributed by atoms with Crippen LogP contribution in [0.4, 0.5) is 20.5 Å². The molecular weight excluding hydrogens is 452 g/mol. The van der Waals surface area contributed by atoms with Crippen LogP contribution in [0, 0.1) is 12.8 Å². The number of benzene rings is 1. The number of aliphatic hydroxyl groups is 2. The smallest absolute Gasteiger partial charge is 0.244 e. The fourth-order valence-corrected chi connectivity index (χ4v) is 5.07. The zero-order valence-corrected chi connectivity index (χ0v) is 19.2. The lowest BCUT2D eigenvalue weighted by Crippen LogP contribution is -2.48. The Bertz CT molecular complexity index is 1080. The molecule has 11 heteroatoms. The minimum atomic E-state index is -2.73. The van der Waals surface area contributed by atoms with E-state index in [0.717, 1.165) is 10.2 Å². The molecule has 178 valence electrons. The Morgan fingerprint density at radius 2 is 2.06 bits per heavy atom. The number of aliphatic hydroxyl groups excluding tert-OH is 1. The number of thiazole rings is 1. The highest BCUT2D eigenvalue weighted by Gasteiger charge is 2.50. The van der Waals surface area contributed by atoms with Crippen molar-refractivity contribution in [3.05, 3.63) is 30.0 Å². The van der Waals surface area contributed by atoms with E-state index in [1.807, 2.05) is 31.2 Å². The minimum Gasteiger partial charge on any atom is -0.388 e. The van der Waals surface area contributed by atoms with Crippen molar-refractivity contribution in [2.45, 2.75) is 44.9 Å². The molecule has 1 fully saturated rings. The molecule has 2 heterocycles. The van der Waals surface area contributed by atoms with Crippen LogP contribution in [0.3, 0.4) is 0 Å². The maximum atomic E-state index is 13.3. The van der Waals surface area contributed by atoms with E-state index in [1.165, 1.54) is 11.3 Å². The van der Waals surface area contributed by atoms with Gasteiger partial charge in [0.15, 0.2) is 5.72 Å². The van der Waals surface area contributed by atoms with Gasteiger partial charge in [-0.3, -0.25) is 0 Å². The molecule has 1 saturated carbocycles. The normalized spacial score (nSPS) is 22.9. The summed E-state index contributed by atoms with van der Waals surface area (Å²) in [6.07, 6.45) is -4.44. The third-order valence-corrected chi connectivity index (χ3v) is 6.80. The number of nitrogens with zero attached hydrogens (tertiary/aromatic N) is 3. The number of alkyl halides is 2. The van der Waals surface area contributed by atoms with E-state index in [4.69, 9.17) is 4.74 Å². The summed E-state index contributed by atoms with van der Waals surface area (Å²) in [7, 11) is 0. The van der Waals surface area contributed by atoms with Crippen molar-refractivity contribution in [3.63, 3.8) is 0 Å². The highest BCUT2D eigenvalue weighted by atomic mass is 32.1. The molecule has 4 N–H and O–H groups in total. The molecule has 0 aliphatic heterocycles. The van der Waals surface area contributed by atoms with Gasteiger partial charge in [0.25, 0.3) is 0 Å². The molecule has 0 spiro atoms. The molecule has 1 aliphatic carbocycles. The number of anilines is 2. The number of nitrogens with one attached hydrogen (secondary N) is 2. The van der Waals surface area contributed by atoms with Gasteiger partial charge < -0.3 is 25.6 Å². The van der Waals surface area contributed by atoms with Gasteiger partial charge in [0.1, 0.15) is 16.9 Å². The summed E-state index contributed by atoms with van der Waals surface area (Å²) in [5, 5.41) is 28.1. The Morgan fingerprint density at radius 3 is 2.76 bits per heavy atom. The monoisotopic (exact) mass is 479 g/mol. The van der Waals surface area contributed by atoms with Gasteiger partial charge in [-0.2, -0.15) is 4.98 Å². The average Bonchev–Trinajstić information content (AvgIpc) is 3.32. The quantitative estimate of drug-likeness (QED) is 0.272. The first-order valence-electron chi connectivity index (χ1n) is 10.9. The van der Waals surface area contributed by atoms with Crippen LogP contribution in [0.5, 0.6) is 0 Å². The van der Waals surface area contributed by atoms with Crippen LogP contribution < -0.4 is 10.6 Å². The summed E-state index contributed by atoms with van der Waals surface area (Å²) in [4.78, 5) is 13.7. The second kappa shape index (κ2) is 9.80. The zero-order chi connectivity index (χ0) is 23.6. The summed E-state index contributed by atoms with van der Waals surface area (Å²) in [5.41, 5.74) is -0.00518. The maximum absolute atomic E-state index is 13.3. The van der Waals surface area contributed by atoms with Crippen molar-refractivity contribution in [2.24, 2.45) is 5.92 Å². The average molecular weight is 480 g/mol. The van der Waals surface area contributed by atoms with Crippen molar-refractivity contribution < 1.29 is 23.7 Å². The molecule has 1 aliphatic rings. The van der Waals surface area contributed by atoms with E-state index < -0.39 is 24.2 Å². The van der Waals surface area contributed by atoms with E-state index in [1.54, 1.807) is 6.92 Å². The Labute approximate surface area is 194 Å². The Kier molecular flexibility index (Phi) is 7.03. The topological polar surface area (TPSA) is 112 Å². The molecule has 0 bridgehead atoms. The number of ether oxygens (including phenoxy) is 1. The number of para-hydroxylation sites is 1. The molecule has 2 aromatic heterocycles. The molecule has 3 atom stereocenters. The van der Waals surface area contributed by atoms with Crippen molar-refractivity contribution in [3.8, 4) is 10.6 Å². The van der Waals surface area contributed by atoms with Gasteiger partial charge in [-0.25, -0.2) is 18.7 Å². The van der Waals surface area contributed by atoms with Gasteiger partial charge in [0.2, 0.25) is 12.4 Å². The molecule has 4 rings (SSSR count). The van der Waals surface area contributed by atoms with Crippen LogP contribution in [0.1, 0.15) is 25.5 Å². The lowest BCUT2D eigenvalue weighted by Gasteiger charge is -2.31. The summed E-state index contributed by atoms with van der Waals surface area (Å²) in [5.74, 6) is -0.807. The van der Waals surface area contributed by atoms with Crippen molar-refractivity contribution in [1.82, 2.24) is 15.0 Å². The van der Waals surface area contributed by atoms with Gasteiger partial charge in [-0.15, -0.1) is 11.3 Å². The molecular formula is C22H27F2N5O3S. The standard InChI is InChI=1S/C22H27F2N5O3S/c1-3-32-11-10-25-21-26-12(2)16(20-27-14-6-4-5-7-15(14)33-20)19(28-21)29-22(31)9-8-13(17(22)30)18(23)24/h4-7,13,17-18,30-31H,3,8-11H2,1-2H3,(H2,25,26,28,29). The second-order valence-electron chi connectivity index (χ2n) is 8.00. The van der Waals surface area contributed by atoms with Gasteiger partial charge in [-0.1, -0.05) is 12.1 Å². The van der Waals surface area contributed by atoms with E-state index in [9.17, 15) is 19.0 Å². The highest BCUT2D eigenvalue weighted by Crippen LogP contribution is 2.42. The number of fused-ring (bicyclic) bond motifs is 1. The van der Waals surface area contributed by atoms with E-state index >= 15 is 0 Å². The summed E-state index contributed by atoms with van der Waals surface area (Å²) >= 11 is 1.44. The molecule has 0 amide bonds. The number of hydrogen-bond donors (Lipinski definition) is 4. The first-order valence-corrected chi connectivity index (χ1v) is 11.7. The number of aryl methyl sites for hydroxylation is 1. The van der Waals surface area contributed by atoms with Crippen LogP contribution in [0.15, 0.2) is 24.3 Å². The second-order valence-corrected chi connectivity index (χ2v) is 9.03. The predicted octanol–water partition coefficient (Wildman–Crippen LogP) is 3.65. The summed E-state index contributed by atoms with van der Waals surface area (Å²) in [6.45, 7) is 5.20. The highest BCUT2D eigenvalue weighted by molar-refractivity contribution is 7.21. The van der Waals surface area contributed by atoms with Crippen LogP contribution in [-0.2, 0) is 4.74 Å². The Morgan fingerprint density at radius 1 is 1.27 bits per heavy atom. The maximum Gasteiger partial charge on any atom is 0.244 e. The van der Waals surface area contributed by atoms with Crippen LogP contribution in [0.25, 0.3) is 20.8 Å². The van der Waals surface area contributed by atoms with Crippen LogP contribution in [0.2, 0.25) is 0 Å². The molecule has 3 aromatic rings. The van der Waals surface area contributed by atoms with Gasteiger partial charge in [0, 0.05) is 13.2 Å². The van der Waals surface area contributed by atoms with Gasteiger partial charge in [0.05, 0.1) is 34.0 Å². The van der Waals surface area contributed by atoms with E-state index in [0.29, 0.717) is 42.0 Å². The molecule has 33 heavy (non-hydrogen) atoms. The number of aromatic nitrogens is 3. The molecule has 0 radical (unpaired) electrons. The largest absolute Gasteiger partial charge is 0.388 e. The van der Waals surface area contributed by atoms with Gasteiger partial charge >= 0.3 is 0 Å². The Balaban J connectivity index is 1.72. The number of halogens is 2. The van der Waals surface area contributed by atoms with E-state index in [2.05, 4.69) is 25.6 Å². The molecule has 1 aromatic carbocycles. The van der Waals surface area contributed by atoms with Crippen molar-refractivity contribution in [2.75, 3.05) is 30.4 Å². The molecule has 8 nitrogen and oxygen atoms in total. The number of hydrogen-bond acceptors (Lipinski definition) is 9. The summed E-state index contributed by atoms with van der Waals surface area (Å²) < 4.78 is 32.9. The van der Waals surface area contributed by atoms with Crippen LogP contribution in [-0.4, -0.2) is 63.2 Å². The molecule has 0 saturated heterocycles. The van der Waals surface area contributed by atoms with Crippen molar-refractivity contribution >= 4 is 33.3 Å². The first kappa shape index (κ1) is 23.7. The third-order valence-electron chi connectivity index (χ3n) is 5.74. The Hall–Kier alpha value is -2.47. The fraction of sp³-hybridized carbons (Fsp3) is 0.500. The zero-order valence-electron chi connectivity index (χ0n) is 18.4. The van der Waals surface area contributed by atoms with Gasteiger partial charge in [-0.05, 0) is 38.8 Å². The fourth-order valence-electron chi connectivity index (χ4n) is 4.01. The van der Waals surface area contributed by atoms with Crippen LogP contribution >= 0.6 is 11.3 Å².